The molecule has 0 bridgehead atoms. The maximum atomic E-state index is 12.4. The Hall–Kier alpha value is -1.88. The predicted octanol–water partition coefficient (Wildman–Crippen LogP) is 2.65. The van der Waals surface area contributed by atoms with Crippen molar-refractivity contribution in [3.8, 4) is 0 Å². The lowest BCUT2D eigenvalue weighted by Crippen LogP contribution is -2.34. The number of para-hydroxylation sites is 2. The van der Waals surface area contributed by atoms with E-state index in [2.05, 4.69) is 9.97 Å². The molecule has 4 rings (SSSR count). The van der Waals surface area contributed by atoms with Gasteiger partial charge < -0.3 is 14.6 Å². The van der Waals surface area contributed by atoms with Crippen LogP contribution in [0.3, 0.4) is 0 Å². The van der Waals surface area contributed by atoms with Gasteiger partial charge in [0.2, 0.25) is 5.91 Å². The molecule has 2 aliphatic rings. The molecule has 1 aliphatic heterocycles. The van der Waals surface area contributed by atoms with E-state index in [1.54, 1.807) is 0 Å². The number of nitrogens with one attached hydrogen (secondary N) is 1. The molecule has 1 aliphatic carbocycles. The second kappa shape index (κ2) is 5.72. The summed E-state index contributed by atoms with van der Waals surface area (Å²) < 4.78 is 5.55. The second-order valence-corrected chi connectivity index (χ2v) is 6.34. The number of benzene rings is 1. The predicted molar refractivity (Wildman–Crippen MR) is 83.3 cm³/mol. The van der Waals surface area contributed by atoms with Gasteiger partial charge in [0.25, 0.3) is 0 Å². The van der Waals surface area contributed by atoms with Crippen LogP contribution in [0.4, 0.5) is 0 Å². The first kappa shape index (κ1) is 13.8. The summed E-state index contributed by atoms with van der Waals surface area (Å²) in [7, 11) is 0. The third-order valence-electron chi connectivity index (χ3n) is 4.57. The zero-order valence-corrected chi connectivity index (χ0v) is 12.6. The minimum Gasteiger partial charge on any atom is -0.371 e. The molecule has 1 aromatic carbocycles. The molecule has 0 spiro atoms. The fourth-order valence-corrected chi connectivity index (χ4v) is 3.16. The van der Waals surface area contributed by atoms with Crippen molar-refractivity contribution in [1.82, 2.24) is 14.9 Å². The highest BCUT2D eigenvalue weighted by atomic mass is 16.5. The van der Waals surface area contributed by atoms with Crippen molar-refractivity contribution in [1.29, 1.82) is 0 Å². The minimum atomic E-state index is 0.0597. The second-order valence-electron chi connectivity index (χ2n) is 6.34. The van der Waals surface area contributed by atoms with E-state index in [1.807, 2.05) is 29.2 Å². The molecule has 5 nitrogen and oxygen atoms in total. The van der Waals surface area contributed by atoms with Crippen LogP contribution in [-0.2, 0) is 9.53 Å². The van der Waals surface area contributed by atoms with Crippen molar-refractivity contribution in [2.45, 2.75) is 31.7 Å². The fourth-order valence-electron chi connectivity index (χ4n) is 3.16. The number of carbonyl (C=O) groups is 1. The average Bonchev–Trinajstić information content (AvgIpc) is 3.06. The number of hydrogen-bond acceptors (Lipinski definition) is 3. The molecule has 2 fully saturated rings. The highest BCUT2D eigenvalue weighted by molar-refractivity contribution is 5.79. The van der Waals surface area contributed by atoms with Gasteiger partial charge in [-0.1, -0.05) is 12.1 Å². The molecule has 116 valence electrons. The van der Waals surface area contributed by atoms with Crippen molar-refractivity contribution in [2.24, 2.45) is 5.92 Å². The number of likely N-dealkylation sites (tertiary alicyclic amines) is 1. The van der Waals surface area contributed by atoms with Gasteiger partial charge in [0.1, 0.15) is 12.4 Å². The number of ether oxygens (including phenoxy) is 1. The molecule has 5 heteroatoms. The number of imidazole rings is 1. The van der Waals surface area contributed by atoms with Gasteiger partial charge in [0.15, 0.2) is 0 Å². The lowest BCUT2D eigenvalue weighted by molar-refractivity contribution is -0.137. The van der Waals surface area contributed by atoms with Crippen LogP contribution in [0.25, 0.3) is 11.0 Å². The van der Waals surface area contributed by atoms with Crippen molar-refractivity contribution in [3.63, 3.8) is 0 Å². The van der Waals surface area contributed by atoms with Crippen LogP contribution in [0.15, 0.2) is 24.3 Å². The van der Waals surface area contributed by atoms with E-state index in [0.29, 0.717) is 5.92 Å². The van der Waals surface area contributed by atoms with E-state index in [9.17, 15) is 4.79 Å². The van der Waals surface area contributed by atoms with Gasteiger partial charge in [0.05, 0.1) is 23.7 Å². The SMILES string of the molecule is O=C(COCC1CC1)N1CCC[C@H]1c1nc2ccccc2[nH]1. The Balaban J connectivity index is 1.46. The first-order chi connectivity index (χ1) is 10.8. The van der Waals surface area contributed by atoms with E-state index in [4.69, 9.17) is 4.74 Å². The molecule has 1 N–H and O–H groups in total. The molecule has 0 radical (unpaired) electrons. The molecule has 0 unspecified atom stereocenters. The van der Waals surface area contributed by atoms with E-state index in [-0.39, 0.29) is 18.6 Å². The van der Waals surface area contributed by atoms with E-state index < -0.39 is 0 Å². The van der Waals surface area contributed by atoms with Crippen molar-refractivity contribution in [3.05, 3.63) is 30.1 Å². The van der Waals surface area contributed by atoms with Crippen LogP contribution in [0, 0.1) is 5.92 Å². The zero-order chi connectivity index (χ0) is 14.9. The number of amides is 1. The van der Waals surface area contributed by atoms with Crippen LogP contribution in [0.5, 0.6) is 0 Å². The van der Waals surface area contributed by atoms with E-state index >= 15 is 0 Å². The molecule has 22 heavy (non-hydrogen) atoms. The van der Waals surface area contributed by atoms with Crippen LogP contribution in [-0.4, -0.2) is 40.5 Å². The summed E-state index contributed by atoms with van der Waals surface area (Å²) in [5, 5.41) is 0. The van der Waals surface area contributed by atoms with Crippen LogP contribution >= 0.6 is 0 Å². The summed E-state index contributed by atoms with van der Waals surface area (Å²) in [6.07, 6.45) is 4.49. The van der Waals surface area contributed by atoms with E-state index in [0.717, 1.165) is 42.9 Å². The average molecular weight is 299 g/mol. The van der Waals surface area contributed by atoms with Crippen LogP contribution in [0.1, 0.15) is 37.5 Å². The third-order valence-corrected chi connectivity index (χ3v) is 4.57. The number of fused-ring (bicyclic) bond motifs is 1. The minimum absolute atomic E-state index is 0.0597. The lowest BCUT2D eigenvalue weighted by atomic mass is 10.2. The van der Waals surface area contributed by atoms with Gasteiger partial charge in [-0.2, -0.15) is 0 Å². The van der Waals surface area contributed by atoms with Gasteiger partial charge in [-0.3, -0.25) is 4.79 Å². The number of H-pyrrole nitrogens is 1. The Morgan fingerprint density at radius 2 is 2.18 bits per heavy atom. The maximum Gasteiger partial charge on any atom is 0.249 e. The molecule has 1 saturated heterocycles. The molecule has 2 heterocycles. The number of aromatic nitrogens is 2. The number of aromatic amines is 1. The molecule has 1 saturated carbocycles. The maximum absolute atomic E-state index is 12.4. The summed E-state index contributed by atoms with van der Waals surface area (Å²) in [5.41, 5.74) is 1.99. The van der Waals surface area contributed by atoms with Gasteiger partial charge in [0, 0.05) is 6.54 Å². The zero-order valence-electron chi connectivity index (χ0n) is 12.6. The number of nitrogens with zero attached hydrogens (tertiary/aromatic N) is 2. The lowest BCUT2D eigenvalue weighted by Gasteiger charge is -2.23. The third kappa shape index (κ3) is 2.73. The molecular formula is C17H21N3O2. The van der Waals surface area contributed by atoms with E-state index in [1.165, 1.54) is 12.8 Å². The smallest absolute Gasteiger partial charge is 0.249 e. The molecule has 2 aromatic rings. The fraction of sp³-hybridized carbons (Fsp3) is 0.529. The first-order valence-corrected chi connectivity index (χ1v) is 8.13. The van der Waals surface area contributed by atoms with Crippen LogP contribution < -0.4 is 0 Å². The van der Waals surface area contributed by atoms with Gasteiger partial charge in [-0.05, 0) is 43.7 Å². The monoisotopic (exact) mass is 299 g/mol. The summed E-state index contributed by atoms with van der Waals surface area (Å²) in [5.74, 6) is 1.68. The first-order valence-electron chi connectivity index (χ1n) is 8.13. The number of carbonyl (C=O) groups excluding carboxylic acids is 1. The molecule has 1 amide bonds. The van der Waals surface area contributed by atoms with Gasteiger partial charge >= 0.3 is 0 Å². The Bertz CT molecular complexity index is 644. The van der Waals surface area contributed by atoms with Crippen molar-refractivity contribution in [2.75, 3.05) is 19.8 Å². The highest BCUT2D eigenvalue weighted by Gasteiger charge is 2.32. The molecular weight excluding hydrogens is 278 g/mol. The Labute approximate surface area is 129 Å². The number of rotatable bonds is 5. The van der Waals surface area contributed by atoms with Crippen molar-refractivity contribution >= 4 is 16.9 Å². The molecule has 1 atom stereocenters. The Morgan fingerprint density at radius 1 is 1.32 bits per heavy atom. The summed E-state index contributed by atoms with van der Waals surface area (Å²) in [4.78, 5) is 22.3. The van der Waals surface area contributed by atoms with Gasteiger partial charge in [-0.15, -0.1) is 0 Å². The summed E-state index contributed by atoms with van der Waals surface area (Å²) in [6, 6.07) is 8.05. The normalized spacial score (nSPS) is 21.6. The standard InChI is InChI=1S/C17H21N3O2/c21-16(11-22-10-12-7-8-12)20-9-3-6-15(20)17-18-13-4-1-2-5-14(13)19-17/h1-2,4-5,12,15H,3,6-11H2,(H,18,19)/t15-/m0/s1. The van der Waals surface area contributed by atoms with Crippen LogP contribution in [0.2, 0.25) is 0 Å². The summed E-state index contributed by atoms with van der Waals surface area (Å²) >= 11 is 0. The Morgan fingerprint density at radius 3 is 3.00 bits per heavy atom. The Kier molecular flexibility index (Phi) is 3.58. The largest absolute Gasteiger partial charge is 0.371 e. The quantitative estimate of drug-likeness (QED) is 0.923. The topological polar surface area (TPSA) is 58.2 Å². The highest BCUT2D eigenvalue weighted by Crippen LogP contribution is 2.32. The molecule has 1 aromatic heterocycles. The van der Waals surface area contributed by atoms with Crippen molar-refractivity contribution < 1.29 is 9.53 Å². The number of hydrogen-bond donors (Lipinski definition) is 1. The van der Waals surface area contributed by atoms with Gasteiger partial charge in [-0.25, -0.2) is 4.98 Å². The summed E-state index contributed by atoms with van der Waals surface area (Å²) in [6.45, 7) is 1.73.